The first-order chi connectivity index (χ1) is 15.9. The minimum atomic E-state index is -0.688. The molecule has 33 heavy (non-hydrogen) atoms. The topological polar surface area (TPSA) is 99.2 Å². The first kappa shape index (κ1) is 23.3. The van der Waals surface area contributed by atoms with Crippen molar-refractivity contribution >= 4 is 11.8 Å². The van der Waals surface area contributed by atoms with Gasteiger partial charge in [-0.25, -0.2) is 9.97 Å². The number of hydrogen-bond donors (Lipinski definition) is 3. The van der Waals surface area contributed by atoms with Crippen LogP contribution in [0.4, 0.5) is 0 Å². The monoisotopic (exact) mass is 450 g/mol. The van der Waals surface area contributed by atoms with Crippen LogP contribution in [0.15, 0.2) is 43.0 Å². The van der Waals surface area contributed by atoms with Gasteiger partial charge in [0.2, 0.25) is 11.8 Å². The first-order valence-electron chi connectivity index (χ1n) is 11.8. The molecular formula is C25H34N6O2. The van der Waals surface area contributed by atoms with E-state index in [1.165, 1.54) is 6.33 Å². The number of piperidine rings is 1. The fourth-order valence-electron chi connectivity index (χ4n) is 5.05. The molecule has 1 aromatic heterocycles. The summed E-state index contributed by atoms with van der Waals surface area (Å²) in [5, 5.41) is 3.14. The molecule has 0 saturated carbocycles. The second-order valence-corrected chi connectivity index (χ2v) is 9.65. The zero-order valence-electron chi connectivity index (χ0n) is 19.7. The fraction of sp³-hybridized carbons (Fsp3) is 0.520. The van der Waals surface area contributed by atoms with E-state index >= 15 is 0 Å². The minimum absolute atomic E-state index is 0.0184. The lowest BCUT2D eigenvalue weighted by Crippen LogP contribution is -2.57. The van der Waals surface area contributed by atoms with Crippen LogP contribution >= 0.6 is 0 Å². The Morgan fingerprint density at radius 2 is 2.00 bits per heavy atom. The maximum Gasteiger partial charge on any atom is 0.228 e. The number of hydrogen-bond acceptors (Lipinski definition) is 6. The predicted molar refractivity (Wildman–Crippen MR) is 127 cm³/mol. The molecule has 3 atom stereocenters. The van der Waals surface area contributed by atoms with Crippen LogP contribution in [-0.2, 0) is 16.0 Å². The van der Waals surface area contributed by atoms with Crippen molar-refractivity contribution < 1.29 is 9.59 Å². The molecule has 2 saturated heterocycles. The Morgan fingerprint density at radius 1 is 1.24 bits per heavy atom. The maximum atomic E-state index is 13.6. The Hall–Kier alpha value is -2.84. The molecule has 8 nitrogen and oxygen atoms in total. The lowest BCUT2D eigenvalue weighted by molar-refractivity contribution is -0.144. The van der Waals surface area contributed by atoms with E-state index in [2.05, 4.69) is 32.2 Å². The summed E-state index contributed by atoms with van der Waals surface area (Å²) in [5.74, 6) is 0.0127. The molecule has 2 aromatic rings. The summed E-state index contributed by atoms with van der Waals surface area (Å²) in [6.07, 6.45) is 7.20. The second kappa shape index (κ2) is 9.97. The van der Waals surface area contributed by atoms with Crippen molar-refractivity contribution in [3.8, 4) is 11.1 Å². The molecule has 3 N–H and O–H groups in total. The number of benzene rings is 1. The summed E-state index contributed by atoms with van der Waals surface area (Å²) in [4.78, 5) is 37.3. The Kier molecular flexibility index (Phi) is 7.05. The molecule has 2 aliphatic rings. The molecule has 2 amide bonds. The molecule has 4 rings (SSSR count). The Bertz CT molecular complexity index is 982. The van der Waals surface area contributed by atoms with E-state index in [4.69, 9.17) is 0 Å². The highest BCUT2D eigenvalue weighted by molar-refractivity contribution is 5.86. The van der Waals surface area contributed by atoms with E-state index in [-0.39, 0.29) is 29.8 Å². The number of carbonyl (C=O) groups excluding carboxylic acids is 2. The predicted octanol–water partition coefficient (Wildman–Crippen LogP) is 1.93. The molecule has 2 aliphatic heterocycles. The van der Waals surface area contributed by atoms with Gasteiger partial charge in [-0.2, -0.15) is 0 Å². The van der Waals surface area contributed by atoms with E-state index in [0.717, 1.165) is 29.5 Å². The number of amides is 2. The largest absolute Gasteiger partial charge is 0.353 e. The van der Waals surface area contributed by atoms with Gasteiger partial charge in [-0.3, -0.25) is 20.4 Å². The Labute approximate surface area is 195 Å². The third-order valence-electron chi connectivity index (χ3n) is 6.78. The minimum Gasteiger partial charge on any atom is -0.353 e. The van der Waals surface area contributed by atoms with Gasteiger partial charge in [0.25, 0.3) is 0 Å². The lowest BCUT2D eigenvalue weighted by atomic mass is 9.72. The van der Waals surface area contributed by atoms with Crippen molar-refractivity contribution in [3.63, 3.8) is 0 Å². The third kappa shape index (κ3) is 5.07. The summed E-state index contributed by atoms with van der Waals surface area (Å²) in [7, 11) is 0. The molecular weight excluding hydrogens is 416 g/mol. The maximum absolute atomic E-state index is 13.6. The SMILES string of the molecule is CC(C)NC(=O)C1(Cc2ccccc2-c2cncnc2)CCCN(C(=O)C2CNNC2C)C1. The zero-order chi connectivity index (χ0) is 23.4. The van der Waals surface area contributed by atoms with Crippen LogP contribution in [-0.4, -0.2) is 58.4 Å². The van der Waals surface area contributed by atoms with Crippen LogP contribution < -0.4 is 16.2 Å². The van der Waals surface area contributed by atoms with Crippen LogP contribution in [0, 0.1) is 11.3 Å². The van der Waals surface area contributed by atoms with Gasteiger partial charge in [0.15, 0.2) is 0 Å². The van der Waals surface area contributed by atoms with E-state index in [0.29, 0.717) is 26.1 Å². The molecule has 0 radical (unpaired) electrons. The van der Waals surface area contributed by atoms with Gasteiger partial charge in [0, 0.05) is 49.7 Å². The second-order valence-electron chi connectivity index (χ2n) is 9.65. The smallest absolute Gasteiger partial charge is 0.228 e. The Morgan fingerprint density at radius 3 is 2.70 bits per heavy atom. The highest BCUT2D eigenvalue weighted by atomic mass is 16.2. The van der Waals surface area contributed by atoms with Crippen LogP contribution in [0.25, 0.3) is 11.1 Å². The van der Waals surface area contributed by atoms with Crippen molar-refractivity contribution in [2.45, 2.75) is 52.1 Å². The van der Waals surface area contributed by atoms with Gasteiger partial charge in [0.05, 0.1) is 11.3 Å². The van der Waals surface area contributed by atoms with Crippen molar-refractivity contribution in [2.75, 3.05) is 19.6 Å². The summed E-state index contributed by atoms with van der Waals surface area (Å²) in [6.45, 7) is 7.69. The highest BCUT2D eigenvalue weighted by Gasteiger charge is 2.45. The average Bonchev–Trinajstić information content (AvgIpc) is 3.25. The summed E-state index contributed by atoms with van der Waals surface area (Å²) in [6, 6.07) is 8.20. The number of nitrogens with zero attached hydrogens (tertiary/aromatic N) is 3. The first-order valence-corrected chi connectivity index (χ1v) is 11.8. The van der Waals surface area contributed by atoms with Gasteiger partial charge >= 0.3 is 0 Å². The number of rotatable bonds is 6. The van der Waals surface area contributed by atoms with Crippen molar-refractivity contribution in [2.24, 2.45) is 11.3 Å². The molecule has 3 unspecified atom stereocenters. The molecule has 0 spiro atoms. The number of carbonyl (C=O) groups is 2. The quantitative estimate of drug-likeness (QED) is 0.622. The fourth-order valence-corrected chi connectivity index (χ4v) is 5.05. The lowest BCUT2D eigenvalue weighted by Gasteiger charge is -2.43. The molecule has 0 bridgehead atoms. The highest BCUT2D eigenvalue weighted by Crippen LogP contribution is 2.37. The van der Waals surface area contributed by atoms with E-state index in [1.54, 1.807) is 12.4 Å². The average molecular weight is 451 g/mol. The van der Waals surface area contributed by atoms with E-state index in [9.17, 15) is 9.59 Å². The summed E-state index contributed by atoms with van der Waals surface area (Å²) in [5.41, 5.74) is 8.55. The molecule has 176 valence electrons. The summed E-state index contributed by atoms with van der Waals surface area (Å²) < 4.78 is 0. The number of nitrogens with one attached hydrogen (secondary N) is 3. The normalized spacial score (nSPS) is 25.3. The van der Waals surface area contributed by atoms with E-state index in [1.807, 2.05) is 43.9 Å². The van der Waals surface area contributed by atoms with Gasteiger partial charge in [-0.1, -0.05) is 24.3 Å². The van der Waals surface area contributed by atoms with Crippen LogP contribution in [0.2, 0.25) is 0 Å². The van der Waals surface area contributed by atoms with Crippen molar-refractivity contribution in [1.29, 1.82) is 0 Å². The Balaban J connectivity index is 1.66. The van der Waals surface area contributed by atoms with E-state index < -0.39 is 5.41 Å². The zero-order valence-corrected chi connectivity index (χ0v) is 19.7. The van der Waals surface area contributed by atoms with Crippen LogP contribution in [0.3, 0.4) is 0 Å². The number of aromatic nitrogens is 2. The summed E-state index contributed by atoms with van der Waals surface area (Å²) >= 11 is 0. The van der Waals surface area contributed by atoms with Crippen molar-refractivity contribution in [1.82, 2.24) is 31.0 Å². The molecule has 3 heterocycles. The van der Waals surface area contributed by atoms with Crippen molar-refractivity contribution in [3.05, 3.63) is 48.5 Å². The van der Waals surface area contributed by atoms with Gasteiger partial charge in [-0.05, 0) is 51.2 Å². The molecule has 8 heteroatoms. The number of hydrazine groups is 1. The number of likely N-dealkylation sites (tertiary alicyclic amines) is 1. The standard InChI is InChI=1S/C25H34N6O2/c1-17(2)29-24(33)25(9-6-10-31(15-25)23(32)22-14-28-30-18(22)3)11-19-7-4-5-8-21(19)20-12-26-16-27-13-20/h4-5,7-8,12-13,16-18,22,28,30H,6,9-11,14-15H2,1-3H3,(H,29,33). The molecule has 1 aromatic carbocycles. The van der Waals surface area contributed by atoms with Gasteiger partial charge < -0.3 is 10.2 Å². The van der Waals surface area contributed by atoms with Crippen LogP contribution in [0.1, 0.15) is 39.2 Å². The molecule has 2 fully saturated rings. The van der Waals surface area contributed by atoms with Crippen LogP contribution in [0.5, 0.6) is 0 Å². The van der Waals surface area contributed by atoms with Gasteiger partial charge in [-0.15, -0.1) is 0 Å². The third-order valence-corrected chi connectivity index (χ3v) is 6.78. The molecule has 0 aliphatic carbocycles. The van der Waals surface area contributed by atoms with Gasteiger partial charge in [0.1, 0.15) is 6.33 Å².